The summed E-state index contributed by atoms with van der Waals surface area (Å²) in [6.45, 7) is 3.51. The fourth-order valence-corrected chi connectivity index (χ4v) is 4.52. The van der Waals surface area contributed by atoms with E-state index >= 15 is 0 Å². The van der Waals surface area contributed by atoms with E-state index in [0.717, 1.165) is 61.8 Å². The Labute approximate surface area is 180 Å². The van der Waals surface area contributed by atoms with Crippen molar-refractivity contribution < 1.29 is 4.79 Å². The lowest BCUT2D eigenvalue weighted by atomic mass is 9.63. The zero-order valence-electron chi connectivity index (χ0n) is 18.7. The molecule has 1 saturated heterocycles. The van der Waals surface area contributed by atoms with Gasteiger partial charge in [0.1, 0.15) is 17.5 Å². The van der Waals surface area contributed by atoms with Gasteiger partial charge in [0, 0.05) is 45.8 Å². The molecule has 162 valence electrons. The van der Waals surface area contributed by atoms with Crippen molar-refractivity contribution in [3.63, 3.8) is 0 Å². The Hall–Kier alpha value is -2.59. The second kappa shape index (κ2) is 9.48. The van der Waals surface area contributed by atoms with Crippen LogP contribution in [0.15, 0.2) is 17.8 Å². The number of rotatable bonds is 8. The molecule has 1 aliphatic carbocycles. The Bertz CT molecular complexity index is 827. The van der Waals surface area contributed by atoms with E-state index in [0.29, 0.717) is 11.7 Å². The van der Waals surface area contributed by atoms with Crippen molar-refractivity contribution in [3.05, 3.63) is 23.4 Å². The van der Waals surface area contributed by atoms with E-state index < -0.39 is 0 Å². The van der Waals surface area contributed by atoms with Gasteiger partial charge in [0.2, 0.25) is 0 Å². The van der Waals surface area contributed by atoms with E-state index in [1.807, 2.05) is 34.3 Å². The van der Waals surface area contributed by atoms with Crippen LogP contribution in [-0.4, -0.2) is 75.4 Å². The first-order valence-corrected chi connectivity index (χ1v) is 10.8. The summed E-state index contributed by atoms with van der Waals surface area (Å²) in [5, 5.41) is 12.9. The number of nitriles is 1. The van der Waals surface area contributed by atoms with Gasteiger partial charge in [0.25, 0.3) is 0 Å². The summed E-state index contributed by atoms with van der Waals surface area (Å²) >= 11 is 0. The molecule has 3 rings (SSSR count). The fourth-order valence-electron chi connectivity index (χ4n) is 4.52. The van der Waals surface area contributed by atoms with Gasteiger partial charge in [-0.1, -0.05) is 6.42 Å². The van der Waals surface area contributed by atoms with Crippen LogP contribution in [0.25, 0.3) is 5.70 Å². The summed E-state index contributed by atoms with van der Waals surface area (Å²) in [5.74, 6) is 0.832. The molecule has 2 heterocycles. The number of hydrogen-bond donors (Lipinski definition) is 1. The number of aromatic nitrogens is 1. The Morgan fingerprint density at radius 2 is 1.97 bits per heavy atom. The van der Waals surface area contributed by atoms with Gasteiger partial charge in [-0.15, -0.1) is 0 Å². The van der Waals surface area contributed by atoms with Gasteiger partial charge in [-0.2, -0.15) is 5.26 Å². The van der Waals surface area contributed by atoms with Crippen LogP contribution in [-0.2, 0) is 4.79 Å². The quantitative estimate of drug-likeness (QED) is 0.401. The highest BCUT2D eigenvalue weighted by molar-refractivity contribution is 5.94. The largest absolute Gasteiger partial charge is 0.386 e. The van der Waals surface area contributed by atoms with E-state index in [2.05, 4.69) is 31.1 Å². The molecule has 0 radical (unpaired) electrons. The number of nitrogens with one attached hydrogen (secondary N) is 1. The van der Waals surface area contributed by atoms with Gasteiger partial charge in [0.05, 0.1) is 17.6 Å². The molecular formula is C23H34N6O. The van der Waals surface area contributed by atoms with E-state index in [9.17, 15) is 10.1 Å². The Morgan fingerprint density at radius 1 is 1.27 bits per heavy atom. The summed E-state index contributed by atoms with van der Waals surface area (Å²) in [6.07, 6.45) is 8.71. The minimum absolute atomic E-state index is 0.184. The molecule has 0 amide bonds. The number of likely N-dealkylation sites (tertiary alicyclic amines) is 1. The number of aldehydes is 1. The van der Waals surface area contributed by atoms with Crippen LogP contribution in [0, 0.1) is 16.7 Å². The zero-order valence-corrected chi connectivity index (χ0v) is 18.7. The second-order valence-corrected chi connectivity index (χ2v) is 8.90. The monoisotopic (exact) mass is 410 g/mol. The third kappa shape index (κ3) is 4.59. The maximum atomic E-state index is 11.8. The van der Waals surface area contributed by atoms with Gasteiger partial charge >= 0.3 is 0 Å². The zero-order chi connectivity index (χ0) is 21.7. The molecule has 30 heavy (non-hydrogen) atoms. The van der Waals surface area contributed by atoms with Gasteiger partial charge in [-0.25, -0.2) is 4.98 Å². The van der Waals surface area contributed by atoms with Crippen molar-refractivity contribution in [2.75, 3.05) is 64.6 Å². The lowest BCUT2D eigenvalue weighted by Gasteiger charge is -2.49. The molecule has 2 fully saturated rings. The average Bonchev–Trinajstić information content (AvgIpc) is 2.74. The number of nitrogens with zero attached hydrogens (tertiary/aromatic N) is 5. The molecule has 7 heteroatoms. The highest BCUT2D eigenvalue weighted by Crippen LogP contribution is 2.50. The second-order valence-electron chi connectivity index (χ2n) is 8.90. The van der Waals surface area contributed by atoms with Crippen molar-refractivity contribution in [2.24, 2.45) is 5.41 Å². The van der Waals surface area contributed by atoms with Crippen molar-refractivity contribution in [1.82, 2.24) is 14.8 Å². The molecule has 1 spiro atoms. The van der Waals surface area contributed by atoms with Gasteiger partial charge in [-0.3, -0.25) is 4.79 Å². The van der Waals surface area contributed by atoms with E-state index in [1.165, 1.54) is 19.3 Å². The molecule has 0 aromatic carbocycles. The van der Waals surface area contributed by atoms with E-state index in [-0.39, 0.29) is 5.57 Å². The first-order chi connectivity index (χ1) is 14.4. The lowest BCUT2D eigenvalue weighted by Crippen LogP contribution is -2.43. The standard InChI is InChI=1S/C23H34N6O/c1-25-20-16-26-21(28(4)13-12-27(2)3)14-19(20)22(18(15-24)17-30)29-10-8-23(9-11-29)6-5-7-23/h14,16-17,25H,5-13H2,1-4H3/b22-18+. The lowest BCUT2D eigenvalue weighted by molar-refractivity contribution is -0.104. The maximum Gasteiger partial charge on any atom is 0.162 e. The molecular weight excluding hydrogens is 376 g/mol. The third-order valence-electron chi connectivity index (χ3n) is 6.74. The van der Waals surface area contributed by atoms with Crippen LogP contribution in [0.4, 0.5) is 11.5 Å². The SMILES string of the molecule is CNc1cnc(N(C)CCN(C)C)cc1/C(=C(/C#N)C=O)N1CCC2(CCC2)CC1. The Kier molecular flexibility index (Phi) is 6.99. The minimum atomic E-state index is 0.184. The van der Waals surface area contributed by atoms with Crippen molar-refractivity contribution in [3.8, 4) is 6.07 Å². The molecule has 1 aromatic heterocycles. The molecule has 1 saturated carbocycles. The van der Waals surface area contributed by atoms with Gasteiger partial charge in [-0.05, 0) is 51.3 Å². The number of carbonyl (C=O) groups is 1. The fraction of sp³-hybridized carbons (Fsp3) is 0.609. The predicted molar refractivity (Wildman–Crippen MR) is 121 cm³/mol. The highest BCUT2D eigenvalue weighted by atomic mass is 16.1. The molecule has 0 atom stereocenters. The predicted octanol–water partition coefficient (Wildman–Crippen LogP) is 2.82. The molecule has 2 aliphatic rings. The number of pyridine rings is 1. The molecule has 1 N–H and O–H groups in total. The van der Waals surface area contributed by atoms with Crippen molar-refractivity contribution >= 4 is 23.5 Å². The minimum Gasteiger partial charge on any atom is -0.386 e. The van der Waals surface area contributed by atoms with Crippen molar-refractivity contribution in [2.45, 2.75) is 32.1 Å². The first-order valence-electron chi connectivity index (χ1n) is 10.8. The average molecular weight is 411 g/mol. The van der Waals surface area contributed by atoms with Crippen LogP contribution in [0.3, 0.4) is 0 Å². The normalized spacial score (nSPS) is 18.5. The molecule has 0 bridgehead atoms. The number of likely N-dealkylation sites (N-methyl/N-ethyl adjacent to an activating group) is 2. The number of anilines is 2. The van der Waals surface area contributed by atoms with Crippen molar-refractivity contribution in [1.29, 1.82) is 5.26 Å². The summed E-state index contributed by atoms with van der Waals surface area (Å²) in [7, 11) is 7.96. The van der Waals surface area contributed by atoms with Crippen LogP contribution in [0.5, 0.6) is 0 Å². The molecule has 1 aromatic rings. The number of carbonyl (C=O) groups excluding carboxylic acids is 1. The van der Waals surface area contributed by atoms with Gasteiger partial charge in [0.15, 0.2) is 6.29 Å². The van der Waals surface area contributed by atoms with Gasteiger partial charge < -0.3 is 20.0 Å². The highest BCUT2D eigenvalue weighted by Gasteiger charge is 2.40. The van der Waals surface area contributed by atoms with E-state index in [1.54, 1.807) is 6.20 Å². The Balaban J connectivity index is 1.96. The smallest absolute Gasteiger partial charge is 0.162 e. The van der Waals surface area contributed by atoms with Crippen LogP contribution in [0.1, 0.15) is 37.7 Å². The Morgan fingerprint density at radius 3 is 2.47 bits per heavy atom. The summed E-state index contributed by atoms with van der Waals surface area (Å²) in [5.41, 5.74) is 3.11. The van der Waals surface area contributed by atoms with E-state index in [4.69, 9.17) is 0 Å². The molecule has 1 aliphatic heterocycles. The van der Waals surface area contributed by atoms with Crippen LogP contribution in [0.2, 0.25) is 0 Å². The number of allylic oxidation sites excluding steroid dienone is 1. The van der Waals surface area contributed by atoms with Crippen LogP contribution >= 0.6 is 0 Å². The summed E-state index contributed by atoms with van der Waals surface area (Å²) in [4.78, 5) is 22.9. The number of piperidine rings is 1. The van der Waals surface area contributed by atoms with Crippen LogP contribution < -0.4 is 10.2 Å². The first kappa shape index (κ1) is 22.1. The maximum absolute atomic E-state index is 11.8. The number of hydrogen-bond acceptors (Lipinski definition) is 7. The third-order valence-corrected chi connectivity index (χ3v) is 6.74. The molecule has 0 unspecified atom stereocenters. The summed E-state index contributed by atoms with van der Waals surface area (Å²) < 4.78 is 0. The topological polar surface area (TPSA) is 75.5 Å². The summed E-state index contributed by atoms with van der Waals surface area (Å²) in [6, 6.07) is 4.14. The molecule has 7 nitrogen and oxygen atoms in total.